The lowest BCUT2D eigenvalue weighted by Gasteiger charge is -2.12. The Morgan fingerprint density at radius 3 is 2.37 bits per heavy atom. The van der Waals surface area contributed by atoms with Gasteiger partial charge in [0, 0.05) is 11.3 Å². The van der Waals surface area contributed by atoms with Crippen molar-refractivity contribution in [3.05, 3.63) is 83.4 Å². The number of anilines is 2. The molecule has 0 fully saturated rings. The molecule has 0 aliphatic carbocycles. The van der Waals surface area contributed by atoms with Crippen molar-refractivity contribution in [1.29, 1.82) is 0 Å². The lowest BCUT2D eigenvalue weighted by atomic mass is 10.1. The highest BCUT2D eigenvalue weighted by Crippen LogP contribution is 2.22. The van der Waals surface area contributed by atoms with Crippen LogP contribution in [0, 0.1) is 13.8 Å². The Morgan fingerprint density at radius 1 is 0.967 bits per heavy atom. The molecule has 3 aromatic carbocycles. The summed E-state index contributed by atoms with van der Waals surface area (Å²) < 4.78 is 33.4. The van der Waals surface area contributed by atoms with Gasteiger partial charge in [-0.2, -0.15) is 0 Å². The average Bonchev–Trinajstić information content (AvgIpc) is 2.71. The molecule has 3 aromatic rings. The molecule has 0 spiro atoms. The van der Waals surface area contributed by atoms with Crippen LogP contribution in [0.15, 0.2) is 71.6 Å². The molecule has 0 unspecified atom stereocenters. The van der Waals surface area contributed by atoms with Crippen LogP contribution in [-0.2, 0) is 10.0 Å². The van der Waals surface area contributed by atoms with E-state index in [-0.39, 0.29) is 10.8 Å². The Kier molecular flexibility index (Phi) is 6.42. The highest BCUT2D eigenvalue weighted by Gasteiger charge is 2.16. The SMILES string of the molecule is CCOc1cccc(C(=O)Nc2ccc(S(=O)(=O)Nc3ccc(C)cc3C)cc2)c1. The predicted molar refractivity (Wildman–Crippen MR) is 119 cm³/mol. The van der Waals surface area contributed by atoms with Gasteiger partial charge in [0.05, 0.1) is 17.2 Å². The van der Waals surface area contributed by atoms with Crippen molar-refractivity contribution in [2.24, 2.45) is 0 Å². The Bertz CT molecular complexity index is 1160. The molecular formula is C23H24N2O4S. The zero-order valence-corrected chi connectivity index (χ0v) is 17.9. The fraction of sp³-hybridized carbons (Fsp3) is 0.174. The van der Waals surface area contributed by atoms with E-state index in [0.717, 1.165) is 11.1 Å². The maximum atomic E-state index is 12.7. The number of nitrogens with one attached hydrogen (secondary N) is 2. The van der Waals surface area contributed by atoms with Crippen LogP contribution in [0.25, 0.3) is 0 Å². The van der Waals surface area contributed by atoms with Crippen molar-refractivity contribution < 1.29 is 17.9 Å². The molecule has 0 atom stereocenters. The molecular weight excluding hydrogens is 400 g/mol. The zero-order valence-electron chi connectivity index (χ0n) is 17.1. The van der Waals surface area contributed by atoms with Gasteiger partial charge < -0.3 is 10.1 Å². The van der Waals surface area contributed by atoms with Crippen LogP contribution in [0.5, 0.6) is 5.75 Å². The molecule has 6 nitrogen and oxygen atoms in total. The number of benzene rings is 3. The fourth-order valence-electron chi connectivity index (χ4n) is 2.95. The first-order valence-electron chi connectivity index (χ1n) is 9.53. The molecule has 2 N–H and O–H groups in total. The summed E-state index contributed by atoms with van der Waals surface area (Å²) in [6, 6.07) is 18.4. The number of hydrogen-bond acceptors (Lipinski definition) is 4. The molecule has 0 bridgehead atoms. The Labute approximate surface area is 177 Å². The molecule has 1 amide bonds. The topological polar surface area (TPSA) is 84.5 Å². The van der Waals surface area contributed by atoms with Gasteiger partial charge in [-0.15, -0.1) is 0 Å². The van der Waals surface area contributed by atoms with Gasteiger partial charge in [-0.1, -0.05) is 23.8 Å². The predicted octanol–water partition coefficient (Wildman–Crippen LogP) is 4.76. The monoisotopic (exact) mass is 424 g/mol. The third-order valence-electron chi connectivity index (χ3n) is 4.46. The summed E-state index contributed by atoms with van der Waals surface area (Å²) in [7, 11) is -3.74. The first-order chi connectivity index (χ1) is 14.3. The van der Waals surface area contributed by atoms with Crippen LogP contribution in [0.2, 0.25) is 0 Å². The molecule has 0 aromatic heterocycles. The molecule has 7 heteroatoms. The summed E-state index contributed by atoms with van der Waals surface area (Å²) >= 11 is 0. The van der Waals surface area contributed by atoms with Gasteiger partial charge >= 0.3 is 0 Å². The second-order valence-corrected chi connectivity index (χ2v) is 8.55. The normalized spacial score (nSPS) is 11.0. The van der Waals surface area contributed by atoms with Gasteiger partial charge in [-0.25, -0.2) is 8.42 Å². The Balaban J connectivity index is 1.72. The molecule has 3 rings (SSSR count). The minimum atomic E-state index is -3.74. The number of sulfonamides is 1. The highest BCUT2D eigenvalue weighted by atomic mass is 32.2. The van der Waals surface area contributed by atoms with Crippen LogP contribution in [0.1, 0.15) is 28.4 Å². The molecule has 0 saturated carbocycles. The minimum absolute atomic E-state index is 0.110. The largest absolute Gasteiger partial charge is 0.494 e. The lowest BCUT2D eigenvalue weighted by Crippen LogP contribution is -2.15. The molecule has 0 aliphatic heterocycles. The quantitative estimate of drug-likeness (QED) is 0.573. The minimum Gasteiger partial charge on any atom is -0.494 e. The third kappa shape index (κ3) is 5.18. The second kappa shape index (κ2) is 9.00. The second-order valence-electron chi connectivity index (χ2n) is 6.86. The number of hydrogen-bond donors (Lipinski definition) is 2. The molecule has 0 radical (unpaired) electrons. The number of carbonyl (C=O) groups excluding carboxylic acids is 1. The number of amides is 1. The Morgan fingerprint density at radius 2 is 1.70 bits per heavy atom. The van der Waals surface area contributed by atoms with Gasteiger partial charge in [0.1, 0.15) is 5.75 Å². The van der Waals surface area contributed by atoms with Crippen molar-refractivity contribution in [3.63, 3.8) is 0 Å². The summed E-state index contributed by atoms with van der Waals surface area (Å²) in [5.74, 6) is 0.310. The molecule has 30 heavy (non-hydrogen) atoms. The van der Waals surface area contributed by atoms with Gasteiger partial charge in [0.15, 0.2) is 0 Å². The summed E-state index contributed by atoms with van der Waals surface area (Å²) in [4.78, 5) is 12.6. The highest BCUT2D eigenvalue weighted by molar-refractivity contribution is 7.92. The van der Waals surface area contributed by atoms with E-state index in [2.05, 4.69) is 10.0 Å². The first kappa shape index (κ1) is 21.4. The van der Waals surface area contributed by atoms with Crippen molar-refractivity contribution >= 4 is 27.3 Å². The summed E-state index contributed by atoms with van der Waals surface area (Å²) in [5, 5.41) is 2.76. The van der Waals surface area contributed by atoms with E-state index in [1.807, 2.05) is 32.9 Å². The maximum absolute atomic E-state index is 12.7. The van der Waals surface area contributed by atoms with Crippen LogP contribution >= 0.6 is 0 Å². The number of rotatable bonds is 7. The first-order valence-corrected chi connectivity index (χ1v) is 11.0. The van der Waals surface area contributed by atoms with E-state index >= 15 is 0 Å². The van der Waals surface area contributed by atoms with Crippen molar-refractivity contribution in [2.75, 3.05) is 16.6 Å². The van der Waals surface area contributed by atoms with Crippen LogP contribution < -0.4 is 14.8 Å². The van der Waals surface area contributed by atoms with Crippen molar-refractivity contribution in [2.45, 2.75) is 25.7 Å². The van der Waals surface area contributed by atoms with Crippen LogP contribution in [-0.4, -0.2) is 20.9 Å². The summed E-state index contributed by atoms with van der Waals surface area (Å²) in [6.07, 6.45) is 0. The van der Waals surface area contributed by atoms with E-state index in [0.29, 0.717) is 29.3 Å². The maximum Gasteiger partial charge on any atom is 0.261 e. The average molecular weight is 425 g/mol. The number of ether oxygens (including phenoxy) is 1. The third-order valence-corrected chi connectivity index (χ3v) is 5.84. The van der Waals surface area contributed by atoms with Gasteiger partial charge in [0.25, 0.3) is 15.9 Å². The summed E-state index contributed by atoms with van der Waals surface area (Å²) in [5.41, 5.74) is 3.38. The summed E-state index contributed by atoms with van der Waals surface area (Å²) in [6.45, 7) is 6.18. The Hall–Kier alpha value is -3.32. The standard InChI is InChI=1S/C23H24N2O4S/c1-4-29-20-7-5-6-18(15-20)23(26)24-19-9-11-21(12-10-19)30(27,28)25-22-13-8-16(2)14-17(22)3/h5-15,25H,4H2,1-3H3,(H,24,26). The van der Waals surface area contributed by atoms with Crippen LogP contribution in [0.4, 0.5) is 11.4 Å². The molecule has 0 saturated heterocycles. The molecule has 156 valence electrons. The number of aryl methyl sites for hydroxylation is 2. The van der Waals surface area contributed by atoms with Crippen molar-refractivity contribution in [1.82, 2.24) is 0 Å². The van der Waals surface area contributed by atoms with Crippen molar-refractivity contribution in [3.8, 4) is 5.75 Å². The smallest absolute Gasteiger partial charge is 0.261 e. The van der Waals surface area contributed by atoms with E-state index in [1.54, 1.807) is 42.5 Å². The van der Waals surface area contributed by atoms with Gasteiger partial charge in [0.2, 0.25) is 0 Å². The van der Waals surface area contributed by atoms with Crippen LogP contribution in [0.3, 0.4) is 0 Å². The molecule has 0 aliphatic rings. The van der Waals surface area contributed by atoms with Gasteiger partial charge in [-0.3, -0.25) is 9.52 Å². The van der Waals surface area contributed by atoms with E-state index in [9.17, 15) is 13.2 Å². The van der Waals surface area contributed by atoms with E-state index < -0.39 is 10.0 Å². The van der Waals surface area contributed by atoms with Gasteiger partial charge in [-0.05, 0) is 74.9 Å². The molecule has 0 heterocycles. The lowest BCUT2D eigenvalue weighted by molar-refractivity contribution is 0.102. The van der Waals surface area contributed by atoms with E-state index in [1.165, 1.54) is 12.1 Å². The zero-order chi connectivity index (χ0) is 21.7. The number of carbonyl (C=O) groups is 1. The van der Waals surface area contributed by atoms with E-state index in [4.69, 9.17) is 4.74 Å². The fourth-order valence-corrected chi connectivity index (χ4v) is 4.08.